The summed E-state index contributed by atoms with van der Waals surface area (Å²) in [5.74, 6) is 0. The van der Waals surface area contributed by atoms with Gasteiger partial charge in [0.25, 0.3) is 0 Å². The summed E-state index contributed by atoms with van der Waals surface area (Å²) in [5.41, 5.74) is 8.88. The van der Waals surface area contributed by atoms with Gasteiger partial charge in [-0.05, 0) is 36.4 Å². The van der Waals surface area contributed by atoms with Crippen LogP contribution in [0.2, 0.25) is 0 Å². The van der Waals surface area contributed by atoms with Gasteiger partial charge in [-0.1, -0.05) is 84.9 Å². The smallest absolute Gasteiger partial charge is 0.159 e. The fraction of sp³-hybridized carbons (Fsp3) is 0. The van der Waals surface area contributed by atoms with Gasteiger partial charge in [0.05, 0.1) is 38.5 Å². The van der Waals surface area contributed by atoms with Gasteiger partial charge in [0.15, 0.2) is 5.58 Å². The lowest BCUT2D eigenvalue weighted by Crippen LogP contribution is -2.18. The van der Waals surface area contributed by atoms with Crippen molar-refractivity contribution in [2.24, 2.45) is 0 Å². The Morgan fingerprint density at radius 2 is 1.10 bits per heavy atom. The van der Waals surface area contributed by atoms with E-state index in [1.807, 2.05) is 17.4 Å². The van der Waals surface area contributed by atoms with E-state index in [2.05, 4.69) is 125 Å². The maximum absolute atomic E-state index is 6.54. The zero-order chi connectivity index (χ0) is 25.9. The molecule has 0 radical (unpaired) electrons. The highest BCUT2D eigenvalue weighted by atomic mass is 32.1. The summed E-state index contributed by atoms with van der Waals surface area (Å²) in [6.07, 6.45) is 0. The number of rotatable bonds is 1. The molecular weight excluding hydrogens is 508 g/mol. The first-order valence-corrected chi connectivity index (χ1v) is 14.4. The zero-order valence-electron chi connectivity index (χ0n) is 21.3. The quantitative estimate of drug-likeness (QED) is 0.211. The van der Waals surface area contributed by atoms with Gasteiger partial charge < -0.3 is 13.9 Å². The van der Waals surface area contributed by atoms with Crippen LogP contribution in [0.3, 0.4) is 0 Å². The molecule has 0 amide bonds. The summed E-state index contributed by atoms with van der Waals surface area (Å²) < 4.78 is 11.7. The summed E-state index contributed by atoms with van der Waals surface area (Å²) in [6.45, 7) is 0. The van der Waals surface area contributed by atoms with Gasteiger partial charge in [0, 0.05) is 37.0 Å². The Kier molecular flexibility index (Phi) is 3.81. The maximum atomic E-state index is 6.54. The number of thiophene rings is 1. The van der Waals surface area contributed by atoms with Crippen LogP contribution in [-0.4, -0.2) is 4.57 Å². The van der Waals surface area contributed by atoms with Crippen LogP contribution in [0.25, 0.3) is 69.6 Å². The van der Waals surface area contributed by atoms with E-state index in [9.17, 15) is 0 Å². The van der Waals surface area contributed by atoms with E-state index >= 15 is 0 Å². The molecule has 0 atom stereocenters. The average Bonchev–Trinajstić information content (AvgIpc) is 3.68. The Hall–Kier alpha value is -5.06. The number of para-hydroxylation sites is 5. The lowest BCUT2D eigenvalue weighted by molar-refractivity contribution is 0.669. The van der Waals surface area contributed by atoms with Crippen molar-refractivity contribution >= 4 is 92.3 Å². The standard InChI is InChI=1S/C36H20N2OS/c1-5-17-31-21(9-1)25-12-8-16-30(35(25)39-31)37-27-13-3-4-14-28(27)38-33-23(11-7-15-29(33)37)24-19-20-26-22-10-2-6-18-32(22)40-36(26)34(24)38/h1-20H. The lowest BCUT2D eigenvalue weighted by atomic mass is 10.1. The summed E-state index contributed by atoms with van der Waals surface area (Å²) >= 11 is 1.89. The summed E-state index contributed by atoms with van der Waals surface area (Å²) in [5, 5.41) is 7.48. The van der Waals surface area contributed by atoms with Crippen molar-refractivity contribution in [3.63, 3.8) is 0 Å². The first kappa shape index (κ1) is 20.8. The molecule has 4 heteroatoms. The molecule has 3 aromatic heterocycles. The Morgan fingerprint density at radius 3 is 2.02 bits per heavy atom. The van der Waals surface area contributed by atoms with E-state index < -0.39 is 0 Å². The predicted octanol–water partition coefficient (Wildman–Crippen LogP) is 10.8. The minimum atomic E-state index is 0.909. The van der Waals surface area contributed by atoms with Crippen LogP contribution in [-0.2, 0) is 0 Å². The van der Waals surface area contributed by atoms with Crippen molar-refractivity contribution in [1.29, 1.82) is 0 Å². The highest BCUT2D eigenvalue weighted by Crippen LogP contribution is 2.53. The number of anilines is 3. The van der Waals surface area contributed by atoms with Gasteiger partial charge in [-0.15, -0.1) is 11.3 Å². The van der Waals surface area contributed by atoms with Crippen LogP contribution in [0.1, 0.15) is 0 Å². The molecule has 6 aromatic carbocycles. The van der Waals surface area contributed by atoms with Crippen LogP contribution in [0.5, 0.6) is 0 Å². The summed E-state index contributed by atoms with van der Waals surface area (Å²) in [7, 11) is 0. The lowest BCUT2D eigenvalue weighted by Gasteiger charge is -2.33. The summed E-state index contributed by atoms with van der Waals surface area (Å²) in [4.78, 5) is 2.39. The molecule has 0 fully saturated rings. The molecule has 0 N–H and O–H groups in total. The van der Waals surface area contributed by atoms with Crippen molar-refractivity contribution < 1.29 is 4.42 Å². The van der Waals surface area contributed by atoms with Crippen LogP contribution in [0.4, 0.5) is 17.1 Å². The fourth-order valence-electron chi connectivity index (χ4n) is 6.87. The van der Waals surface area contributed by atoms with E-state index in [-0.39, 0.29) is 0 Å². The minimum Gasteiger partial charge on any atom is -0.454 e. The van der Waals surface area contributed by atoms with E-state index in [1.165, 1.54) is 47.7 Å². The van der Waals surface area contributed by atoms with E-state index in [0.29, 0.717) is 0 Å². The van der Waals surface area contributed by atoms with Crippen molar-refractivity contribution in [1.82, 2.24) is 4.57 Å². The average molecular weight is 529 g/mol. The molecule has 0 spiro atoms. The molecule has 10 rings (SSSR count). The molecule has 0 saturated heterocycles. The second-order valence-corrected chi connectivity index (χ2v) is 11.6. The Morgan fingerprint density at radius 1 is 0.450 bits per heavy atom. The van der Waals surface area contributed by atoms with E-state index in [1.54, 1.807) is 0 Å². The SMILES string of the molecule is c1ccc2c(c1)N(c1cccc3c1oc1ccccc13)c1cccc3c4ccc5c6ccccc6sc5c4n-2c13. The van der Waals surface area contributed by atoms with Crippen molar-refractivity contribution in [3.05, 3.63) is 121 Å². The third-order valence-corrected chi connectivity index (χ3v) is 9.69. The Labute approximate surface area is 232 Å². The monoisotopic (exact) mass is 528 g/mol. The first-order chi connectivity index (χ1) is 19.9. The number of hydrogen-bond donors (Lipinski definition) is 0. The third kappa shape index (κ3) is 2.46. The molecule has 186 valence electrons. The van der Waals surface area contributed by atoms with Gasteiger partial charge >= 0.3 is 0 Å². The van der Waals surface area contributed by atoms with Crippen LogP contribution in [0, 0.1) is 0 Å². The molecule has 1 aliphatic heterocycles. The van der Waals surface area contributed by atoms with E-state index in [0.717, 1.165) is 39.0 Å². The Balaban J connectivity index is 1.39. The first-order valence-electron chi connectivity index (χ1n) is 13.5. The number of benzene rings is 6. The molecule has 0 unspecified atom stereocenters. The number of furan rings is 1. The summed E-state index contributed by atoms with van der Waals surface area (Å²) in [6, 6.07) is 43.7. The molecule has 0 aliphatic carbocycles. The van der Waals surface area contributed by atoms with Gasteiger partial charge in [-0.3, -0.25) is 0 Å². The van der Waals surface area contributed by atoms with E-state index in [4.69, 9.17) is 4.42 Å². The van der Waals surface area contributed by atoms with Crippen LogP contribution >= 0.6 is 11.3 Å². The van der Waals surface area contributed by atoms with Crippen molar-refractivity contribution in [2.75, 3.05) is 4.90 Å². The third-order valence-electron chi connectivity index (χ3n) is 8.50. The second kappa shape index (κ2) is 7.32. The molecule has 40 heavy (non-hydrogen) atoms. The molecule has 1 aliphatic rings. The molecular formula is C36H20N2OS. The van der Waals surface area contributed by atoms with Crippen LogP contribution in [0.15, 0.2) is 126 Å². The van der Waals surface area contributed by atoms with Gasteiger partial charge in [-0.2, -0.15) is 0 Å². The highest BCUT2D eigenvalue weighted by Gasteiger charge is 2.31. The molecule has 0 saturated carbocycles. The van der Waals surface area contributed by atoms with Gasteiger partial charge in [-0.25, -0.2) is 0 Å². The minimum absolute atomic E-state index is 0.909. The maximum Gasteiger partial charge on any atom is 0.159 e. The number of nitrogens with zero attached hydrogens (tertiary/aromatic N) is 2. The molecule has 9 aromatic rings. The van der Waals surface area contributed by atoms with Crippen molar-refractivity contribution in [2.45, 2.75) is 0 Å². The zero-order valence-corrected chi connectivity index (χ0v) is 22.1. The molecule has 0 bridgehead atoms. The largest absolute Gasteiger partial charge is 0.454 e. The molecule has 4 heterocycles. The molecule has 3 nitrogen and oxygen atoms in total. The second-order valence-electron chi connectivity index (χ2n) is 10.5. The predicted molar refractivity (Wildman–Crippen MR) is 169 cm³/mol. The Bertz CT molecular complexity index is 2510. The fourth-order valence-corrected chi connectivity index (χ4v) is 8.11. The van der Waals surface area contributed by atoms with Crippen molar-refractivity contribution in [3.8, 4) is 5.69 Å². The number of hydrogen-bond acceptors (Lipinski definition) is 3. The van der Waals surface area contributed by atoms with Gasteiger partial charge in [0.2, 0.25) is 0 Å². The number of aromatic nitrogens is 1. The normalized spacial score (nSPS) is 12.9. The topological polar surface area (TPSA) is 21.3 Å². The number of fused-ring (bicyclic) bond motifs is 12. The van der Waals surface area contributed by atoms with Crippen LogP contribution < -0.4 is 4.90 Å². The van der Waals surface area contributed by atoms with Gasteiger partial charge in [0.1, 0.15) is 5.58 Å². The highest BCUT2D eigenvalue weighted by molar-refractivity contribution is 7.26.